The van der Waals surface area contributed by atoms with E-state index < -0.39 is 23.9 Å². The Kier molecular flexibility index (Phi) is 7.00. The first-order valence-electron chi connectivity index (χ1n) is 7.21. The average Bonchev–Trinajstić information content (AvgIpc) is 2.43. The molecule has 0 spiro atoms. The van der Waals surface area contributed by atoms with Gasteiger partial charge >= 0.3 is 6.09 Å². The topological polar surface area (TPSA) is 95.9 Å². The number of nitrogens with one attached hydrogen (secondary N) is 1. The Hall–Kier alpha value is -1.63. The second-order valence-corrected chi connectivity index (χ2v) is 6.60. The summed E-state index contributed by atoms with van der Waals surface area (Å²) in [7, 11) is 0. The van der Waals surface area contributed by atoms with Crippen molar-refractivity contribution in [2.75, 3.05) is 6.54 Å². The van der Waals surface area contributed by atoms with Crippen LogP contribution < -0.4 is 5.32 Å². The second kappa shape index (κ2) is 8.29. The van der Waals surface area contributed by atoms with E-state index in [1.54, 1.807) is 20.8 Å². The molecule has 2 atom stereocenters. The quantitative estimate of drug-likeness (QED) is 0.689. The minimum absolute atomic E-state index is 0.114. The highest BCUT2D eigenvalue weighted by atomic mass is 35.5. The third kappa shape index (κ3) is 6.99. The average molecular weight is 344 g/mol. The smallest absolute Gasteiger partial charge is 0.407 e. The fraction of sp³-hybridized carbons (Fsp3) is 0.500. The number of carbonyl (C=O) groups is 2. The van der Waals surface area contributed by atoms with E-state index in [9.17, 15) is 19.8 Å². The Bertz CT molecular complexity index is 556. The summed E-state index contributed by atoms with van der Waals surface area (Å²) in [5.41, 5.74) is 0.0452. The minimum Gasteiger partial charge on any atom is -0.444 e. The number of halogens is 1. The molecule has 0 aliphatic rings. The Balaban J connectivity index is 2.54. The first-order valence-corrected chi connectivity index (χ1v) is 7.59. The zero-order valence-electron chi connectivity index (χ0n) is 13.4. The van der Waals surface area contributed by atoms with Crippen LogP contribution in [0.2, 0.25) is 5.02 Å². The molecule has 1 amide bonds. The van der Waals surface area contributed by atoms with Gasteiger partial charge in [-0.05, 0) is 51.0 Å². The zero-order valence-corrected chi connectivity index (χ0v) is 14.1. The molecule has 1 aromatic rings. The largest absolute Gasteiger partial charge is 0.444 e. The molecule has 0 fully saturated rings. The number of aldehydes is 1. The predicted octanol–water partition coefficient (Wildman–Crippen LogP) is 2.46. The van der Waals surface area contributed by atoms with Crippen LogP contribution in [0.3, 0.4) is 0 Å². The van der Waals surface area contributed by atoms with Crippen molar-refractivity contribution in [2.24, 2.45) is 0 Å². The number of rotatable bonds is 6. The number of hydrogen-bond donors (Lipinski definition) is 3. The summed E-state index contributed by atoms with van der Waals surface area (Å²) >= 11 is 5.86. The number of benzene rings is 1. The van der Waals surface area contributed by atoms with E-state index in [1.165, 1.54) is 18.2 Å². The summed E-state index contributed by atoms with van der Waals surface area (Å²) in [4.78, 5) is 22.3. The van der Waals surface area contributed by atoms with Gasteiger partial charge < -0.3 is 20.3 Å². The van der Waals surface area contributed by atoms with Gasteiger partial charge in [0.25, 0.3) is 0 Å². The summed E-state index contributed by atoms with van der Waals surface area (Å²) < 4.78 is 5.06. The monoisotopic (exact) mass is 343 g/mol. The van der Waals surface area contributed by atoms with E-state index >= 15 is 0 Å². The van der Waals surface area contributed by atoms with Crippen molar-refractivity contribution in [1.82, 2.24) is 5.32 Å². The van der Waals surface area contributed by atoms with Crippen molar-refractivity contribution >= 4 is 24.0 Å². The third-order valence-corrected chi connectivity index (χ3v) is 3.11. The van der Waals surface area contributed by atoms with Crippen molar-refractivity contribution < 1.29 is 24.5 Å². The number of amides is 1. The van der Waals surface area contributed by atoms with E-state index in [0.717, 1.165) is 0 Å². The van der Waals surface area contributed by atoms with E-state index in [1.807, 2.05) is 0 Å². The lowest BCUT2D eigenvalue weighted by atomic mass is 10.0. The van der Waals surface area contributed by atoms with Crippen molar-refractivity contribution in [2.45, 2.75) is 45.0 Å². The Labute approximate surface area is 140 Å². The maximum Gasteiger partial charge on any atom is 0.407 e. The van der Waals surface area contributed by atoms with Gasteiger partial charge in [-0.15, -0.1) is 0 Å². The van der Waals surface area contributed by atoms with Crippen LogP contribution in [0, 0.1) is 0 Å². The molecule has 128 valence electrons. The molecule has 3 N–H and O–H groups in total. The maximum absolute atomic E-state index is 11.5. The van der Waals surface area contributed by atoms with Crippen LogP contribution in [0.1, 0.15) is 49.2 Å². The van der Waals surface area contributed by atoms with Gasteiger partial charge in [-0.3, -0.25) is 4.79 Å². The molecule has 0 aliphatic heterocycles. The number of aliphatic hydroxyl groups is 2. The van der Waals surface area contributed by atoms with Crippen LogP contribution in [0.15, 0.2) is 18.2 Å². The number of hydrogen-bond acceptors (Lipinski definition) is 5. The number of aliphatic hydroxyl groups excluding tert-OH is 2. The van der Waals surface area contributed by atoms with E-state index in [4.69, 9.17) is 16.3 Å². The van der Waals surface area contributed by atoms with Gasteiger partial charge in [-0.25, -0.2) is 4.79 Å². The molecule has 0 heterocycles. The molecule has 2 unspecified atom stereocenters. The molecule has 7 heteroatoms. The first kappa shape index (κ1) is 19.4. The summed E-state index contributed by atoms with van der Waals surface area (Å²) in [6.45, 7) is 5.37. The molecule has 23 heavy (non-hydrogen) atoms. The molecule has 0 saturated carbocycles. The second-order valence-electron chi connectivity index (χ2n) is 6.17. The van der Waals surface area contributed by atoms with Crippen molar-refractivity contribution in [1.29, 1.82) is 0 Å². The predicted molar refractivity (Wildman–Crippen MR) is 86.7 cm³/mol. The summed E-state index contributed by atoms with van der Waals surface area (Å²) in [6, 6.07) is 4.39. The maximum atomic E-state index is 11.5. The van der Waals surface area contributed by atoms with Crippen molar-refractivity contribution in [3.05, 3.63) is 34.3 Å². The SMILES string of the molecule is CC(C)(C)OC(=O)NCCC(O)C(O)c1cc(Cl)cc(C=O)c1. The van der Waals surface area contributed by atoms with Gasteiger partial charge in [0.1, 0.15) is 18.0 Å². The highest BCUT2D eigenvalue weighted by molar-refractivity contribution is 6.30. The molecule has 0 aromatic heterocycles. The van der Waals surface area contributed by atoms with Gasteiger partial charge in [-0.2, -0.15) is 0 Å². The number of ether oxygens (including phenoxy) is 1. The number of alkyl carbamates (subject to hydrolysis) is 1. The normalized spacial score (nSPS) is 14.0. The van der Waals surface area contributed by atoms with Gasteiger partial charge in [0.15, 0.2) is 0 Å². The summed E-state index contributed by atoms with van der Waals surface area (Å²) in [5.74, 6) is 0. The summed E-state index contributed by atoms with van der Waals surface area (Å²) in [5, 5.41) is 22.9. The molecule has 0 aliphatic carbocycles. The van der Waals surface area contributed by atoms with Crippen LogP contribution in [0.5, 0.6) is 0 Å². The lowest BCUT2D eigenvalue weighted by Gasteiger charge is -2.21. The molecule has 1 rings (SSSR count). The summed E-state index contributed by atoms with van der Waals surface area (Å²) in [6.07, 6.45) is -2.21. The molecule has 0 bridgehead atoms. The van der Waals surface area contributed by atoms with E-state index in [2.05, 4.69) is 5.32 Å². The number of carbonyl (C=O) groups excluding carboxylic acids is 2. The Morgan fingerprint density at radius 1 is 1.35 bits per heavy atom. The molecule has 6 nitrogen and oxygen atoms in total. The third-order valence-electron chi connectivity index (χ3n) is 2.89. The Morgan fingerprint density at radius 3 is 2.57 bits per heavy atom. The van der Waals surface area contributed by atoms with E-state index in [-0.39, 0.29) is 13.0 Å². The standard InChI is InChI=1S/C16H22ClNO5/c1-16(2,3)23-15(22)18-5-4-13(20)14(21)11-6-10(9-19)7-12(17)8-11/h6-9,13-14,20-21H,4-5H2,1-3H3,(H,18,22). The molecular formula is C16H22ClNO5. The van der Waals surface area contributed by atoms with Crippen molar-refractivity contribution in [3.63, 3.8) is 0 Å². The van der Waals surface area contributed by atoms with Crippen LogP contribution in [0.25, 0.3) is 0 Å². The van der Waals surface area contributed by atoms with Crippen LogP contribution >= 0.6 is 11.6 Å². The lowest BCUT2D eigenvalue weighted by Crippen LogP contribution is -2.34. The van der Waals surface area contributed by atoms with Crippen molar-refractivity contribution in [3.8, 4) is 0 Å². The fourth-order valence-corrected chi connectivity index (χ4v) is 2.14. The molecule has 0 radical (unpaired) electrons. The highest BCUT2D eigenvalue weighted by Crippen LogP contribution is 2.23. The van der Waals surface area contributed by atoms with Crippen LogP contribution in [-0.4, -0.2) is 40.8 Å². The van der Waals surface area contributed by atoms with E-state index in [0.29, 0.717) is 22.4 Å². The fourth-order valence-electron chi connectivity index (χ4n) is 1.89. The van der Waals surface area contributed by atoms with Gasteiger partial charge in [0.05, 0.1) is 6.10 Å². The zero-order chi connectivity index (χ0) is 17.6. The molecular weight excluding hydrogens is 322 g/mol. The van der Waals surface area contributed by atoms with Gasteiger partial charge in [0.2, 0.25) is 0 Å². The van der Waals surface area contributed by atoms with Gasteiger partial charge in [-0.1, -0.05) is 11.6 Å². The lowest BCUT2D eigenvalue weighted by molar-refractivity contribution is 0.0123. The van der Waals surface area contributed by atoms with Crippen LogP contribution in [0.4, 0.5) is 4.79 Å². The highest BCUT2D eigenvalue weighted by Gasteiger charge is 2.20. The molecule has 1 aromatic carbocycles. The first-order chi connectivity index (χ1) is 10.6. The minimum atomic E-state index is -1.21. The van der Waals surface area contributed by atoms with Gasteiger partial charge in [0, 0.05) is 17.1 Å². The Morgan fingerprint density at radius 2 is 2.00 bits per heavy atom. The molecule has 0 saturated heterocycles. The van der Waals surface area contributed by atoms with Crippen LogP contribution in [-0.2, 0) is 4.74 Å².